The van der Waals surface area contributed by atoms with E-state index in [2.05, 4.69) is 0 Å². The summed E-state index contributed by atoms with van der Waals surface area (Å²) in [5.74, 6) is 2.23. The van der Waals surface area contributed by atoms with E-state index < -0.39 is 0 Å². The Bertz CT molecular complexity index is 611. The van der Waals surface area contributed by atoms with E-state index in [1.54, 1.807) is 14.2 Å². The first-order valence-corrected chi connectivity index (χ1v) is 6.81. The van der Waals surface area contributed by atoms with Crippen molar-refractivity contribution in [3.05, 3.63) is 53.1 Å². The molecule has 4 nitrogen and oxygen atoms in total. The van der Waals surface area contributed by atoms with E-state index in [1.165, 1.54) is 0 Å². The number of rotatable bonds is 6. The van der Waals surface area contributed by atoms with Gasteiger partial charge in [0, 0.05) is 12.1 Å². The number of benzene rings is 2. The van der Waals surface area contributed by atoms with Crippen LogP contribution < -0.4 is 19.9 Å². The summed E-state index contributed by atoms with van der Waals surface area (Å²) in [6.07, 6.45) is 0. The van der Waals surface area contributed by atoms with Gasteiger partial charge in [0.1, 0.15) is 12.4 Å². The molecular weight excluding hydrogens is 266 g/mol. The normalized spacial score (nSPS) is 10.3. The molecule has 0 aliphatic rings. The minimum absolute atomic E-state index is 0.399. The molecule has 0 saturated carbocycles. The van der Waals surface area contributed by atoms with Gasteiger partial charge in [-0.1, -0.05) is 12.1 Å². The lowest BCUT2D eigenvalue weighted by Gasteiger charge is -2.14. The molecule has 2 rings (SSSR count). The molecule has 112 valence electrons. The summed E-state index contributed by atoms with van der Waals surface area (Å²) in [5.41, 5.74) is 8.81. The van der Waals surface area contributed by atoms with Crippen molar-refractivity contribution in [3.63, 3.8) is 0 Å². The summed E-state index contributed by atoms with van der Waals surface area (Å²) in [6.45, 7) is 2.90. The molecule has 21 heavy (non-hydrogen) atoms. The molecule has 0 heterocycles. The molecule has 2 N–H and O–H groups in total. The van der Waals surface area contributed by atoms with E-state index in [4.69, 9.17) is 19.9 Å². The molecule has 0 atom stereocenters. The van der Waals surface area contributed by atoms with Gasteiger partial charge in [-0.3, -0.25) is 0 Å². The smallest absolute Gasteiger partial charge is 0.161 e. The molecule has 0 aliphatic carbocycles. The van der Waals surface area contributed by atoms with Crippen molar-refractivity contribution in [1.82, 2.24) is 0 Å². The van der Waals surface area contributed by atoms with Gasteiger partial charge in [0.2, 0.25) is 0 Å². The van der Waals surface area contributed by atoms with Crippen molar-refractivity contribution in [3.8, 4) is 17.2 Å². The second kappa shape index (κ2) is 6.99. The predicted molar refractivity (Wildman–Crippen MR) is 82.9 cm³/mol. The van der Waals surface area contributed by atoms with Crippen LogP contribution in [0.3, 0.4) is 0 Å². The molecule has 0 aromatic heterocycles. The first kappa shape index (κ1) is 15.2. The van der Waals surface area contributed by atoms with Gasteiger partial charge < -0.3 is 19.9 Å². The lowest BCUT2D eigenvalue weighted by atomic mass is 10.1. The van der Waals surface area contributed by atoms with Gasteiger partial charge in [-0.2, -0.15) is 0 Å². The average molecular weight is 287 g/mol. The van der Waals surface area contributed by atoms with Crippen LogP contribution in [0.2, 0.25) is 0 Å². The van der Waals surface area contributed by atoms with E-state index in [0.29, 0.717) is 18.9 Å². The molecule has 2 aromatic rings. The molecule has 2 aromatic carbocycles. The fourth-order valence-electron chi connectivity index (χ4n) is 2.12. The second-order valence-electron chi connectivity index (χ2n) is 4.79. The molecule has 0 saturated heterocycles. The van der Waals surface area contributed by atoms with E-state index in [-0.39, 0.29) is 0 Å². The van der Waals surface area contributed by atoms with Gasteiger partial charge in [0.15, 0.2) is 11.5 Å². The van der Waals surface area contributed by atoms with Crippen LogP contribution >= 0.6 is 0 Å². The maximum absolute atomic E-state index is 5.87. The third kappa shape index (κ3) is 3.67. The maximum Gasteiger partial charge on any atom is 0.161 e. The maximum atomic E-state index is 5.87. The molecule has 0 aliphatic heterocycles. The van der Waals surface area contributed by atoms with Crippen LogP contribution in [-0.4, -0.2) is 14.2 Å². The highest BCUT2D eigenvalue weighted by Gasteiger charge is 2.08. The Morgan fingerprint density at radius 2 is 1.62 bits per heavy atom. The van der Waals surface area contributed by atoms with Crippen LogP contribution in [0.25, 0.3) is 0 Å². The number of hydrogen-bond acceptors (Lipinski definition) is 4. The number of methoxy groups -OCH3 is 2. The van der Waals surface area contributed by atoms with E-state index >= 15 is 0 Å². The SMILES string of the molecule is COc1ccc(CN)cc1COc1ccc(C)cc1OC. The summed E-state index contributed by atoms with van der Waals surface area (Å²) in [6, 6.07) is 11.7. The molecule has 0 bridgehead atoms. The molecule has 0 radical (unpaired) electrons. The Morgan fingerprint density at radius 3 is 2.29 bits per heavy atom. The van der Waals surface area contributed by atoms with Gasteiger partial charge in [0.25, 0.3) is 0 Å². The van der Waals surface area contributed by atoms with Gasteiger partial charge >= 0.3 is 0 Å². The Morgan fingerprint density at radius 1 is 0.905 bits per heavy atom. The molecule has 0 spiro atoms. The first-order valence-electron chi connectivity index (χ1n) is 6.81. The lowest BCUT2D eigenvalue weighted by molar-refractivity contribution is 0.278. The molecule has 0 fully saturated rings. The van der Waals surface area contributed by atoms with E-state index in [9.17, 15) is 0 Å². The van der Waals surface area contributed by atoms with E-state index in [0.717, 1.165) is 28.2 Å². The fourth-order valence-corrected chi connectivity index (χ4v) is 2.12. The summed E-state index contributed by atoms with van der Waals surface area (Å²) in [5, 5.41) is 0. The highest BCUT2D eigenvalue weighted by atomic mass is 16.5. The van der Waals surface area contributed by atoms with Crippen LogP contribution in [0.5, 0.6) is 17.2 Å². The Labute approximate surface area is 125 Å². The quantitative estimate of drug-likeness (QED) is 0.887. The van der Waals surface area contributed by atoms with Crippen LogP contribution in [0.15, 0.2) is 36.4 Å². The van der Waals surface area contributed by atoms with Crippen molar-refractivity contribution in [2.45, 2.75) is 20.1 Å². The predicted octanol–water partition coefficient (Wildman–Crippen LogP) is 3.05. The molecule has 0 unspecified atom stereocenters. The summed E-state index contributed by atoms with van der Waals surface area (Å²) < 4.78 is 16.6. The zero-order chi connectivity index (χ0) is 15.2. The van der Waals surface area contributed by atoms with Crippen LogP contribution in [0.4, 0.5) is 0 Å². The first-order chi connectivity index (χ1) is 10.2. The van der Waals surface area contributed by atoms with Crippen molar-refractivity contribution in [2.24, 2.45) is 5.73 Å². The zero-order valence-corrected chi connectivity index (χ0v) is 12.7. The minimum Gasteiger partial charge on any atom is -0.496 e. The highest BCUT2D eigenvalue weighted by molar-refractivity contribution is 5.43. The van der Waals surface area contributed by atoms with Crippen LogP contribution in [-0.2, 0) is 13.2 Å². The fraction of sp³-hybridized carbons (Fsp3) is 0.294. The number of aryl methyl sites for hydroxylation is 1. The third-order valence-electron chi connectivity index (χ3n) is 3.28. The Kier molecular flexibility index (Phi) is 5.06. The Hall–Kier alpha value is -2.20. The molecular formula is C17H21NO3. The van der Waals surface area contributed by atoms with Gasteiger partial charge in [-0.05, 0) is 42.3 Å². The Balaban J connectivity index is 2.19. The summed E-state index contributed by atoms with van der Waals surface area (Å²) in [7, 11) is 3.28. The van der Waals surface area contributed by atoms with Gasteiger partial charge in [-0.15, -0.1) is 0 Å². The minimum atomic E-state index is 0.399. The number of ether oxygens (including phenoxy) is 3. The monoisotopic (exact) mass is 287 g/mol. The van der Waals surface area contributed by atoms with Crippen molar-refractivity contribution < 1.29 is 14.2 Å². The largest absolute Gasteiger partial charge is 0.496 e. The van der Waals surface area contributed by atoms with Crippen LogP contribution in [0.1, 0.15) is 16.7 Å². The number of hydrogen-bond donors (Lipinski definition) is 1. The highest BCUT2D eigenvalue weighted by Crippen LogP contribution is 2.30. The van der Waals surface area contributed by atoms with Gasteiger partial charge in [-0.25, -0.2) is 0 Å². The zero-order valence-electron chi connectivity index (χ0n) is 12.7. The lowest BCUT2D eigenvalue weighted by Crippen LogP contribution is -2.03. The van der Waals surface area contributed by atoms with Crippen molar-refractivity contribution in [1.29, 1.82) is 0 Å². The van der Waals surface area contributed by atoms with Crippen molar-refractivity contribution in [2.75, 3.05) is 14.2 Å². The topological polar surface area (TPSA) is 53.7 Å². The third-order valence-corrected chi connectivity index (χ3v) is 3.28. The number of nitrogens with two attached hydrogens (primary N) is 1. The molecule has 0 amide bonds. The summed E-state index contributed by atoms with van der Waals surface area (Å²) in [4.78, 5) is 0. The van der Waals surface area contributed by atoms with Gasteiger partial charge in [0.05, 0.1) is 14.2 Å². The van der Waals surface area contributed by atoms with Crippen molar-refractivity contribution >= 4 is 0 Å². The summed E-state index contributed by atoms with van der Waals surface area (Å²) >= 11 is 0. The average Bonchev–Trinajstić information content (AvgIpc) is 2.53. The second-order valence-corrected chi connectivity index (χ2v) is 4.79. The molecule has 4 heteroatoms. The van der Waals surface area contributed by atoms with Crippen LogP contribution in [0, 0.1) is 6.92 Å². The standard InChI is InChI=1S/C17H21NO3/c1-12-4-6-16(17(8-12)20-3)21-11-14-9-13(10-18)5-7-15(14)19-2/h4-9H,10-11,18H2,1-3H3. The van der Waals surface area contributed by atoms with E-state index in [1.807, 2.05) is 43.3 Å².